The Morgan fingerprint density at radius 3 is 2.62 bits per heavy atom. The van der Waals surface area contributed by atoms with E-state index in [1.165, 1.54) is 11.3 Å². The Hall–Kier alpha value is -3.16. The van der Waals surface area contributed by atoms with Crippen molar-refractivity contribution >= 4 is 44.6 Å². The molecule has 4 aromatic rings. The average Bonchev–Trinajstić information content (AvgIpc) is 3.21. The maximum absolute atomic E-state index is 6.26. The predicted octanol–water partition coefficient (Wildman–Crippen LogP) is 5.47. The maximum Gasteiger partial charge on any atom is 0.228 e. The van der Waals surface area contributed by atoms with Crippen molar-refractivity contribution in [3.05, 3.63) is 59.5 Å². The van der Waals surface area contributed by atoms with Gasteiger partial charge in [0.15, 0.2) is 0 Å². The number of ether oxygens (including phenoxy) is 1. The van der Waals surface area contributed by atoms with Crippen molar-refractivity contribution in [1.82, 2.24) is 9.97 Å². The van der Waals surface area contributed by atoms with Crippen molar-refractivity contribution in [3.8, 4) is 11.3 Å². The zero-order chi connectivity index (χ0) is 21.9. The highest BCUT2D eigenvalue weighted by Crippen LogP contribution is 2.37. The van der Waals surface area contributed by atoms with Gasteiger partial charge in [-0.25, -0.2) is 9.97 Å². The summed E-state index contributed by atoms with van der Waals surface area (Å²) >= 11 is 1.60. The van der Waals surface area contributed by atoms with Crippen LogP contribution in [-0.4, -0.2) is 36.3 Å². The molecule has 0 saturated carbocycles. The van der Waals surface area contributed by atoms with Crippen LogP contribution in [-0.2, 0) is 11.2 Å². The van der Waals surface area contributed by atoms with Crippen LogP contribution in [0.3, 0.4) is 0 Å². The first-order valence-corrected chi connectivity index (χ1v) is 11.9. The molecule has 2 aromatic carbocycles. The standard InChI is InChI=1S/C25H27N5OS/c1-2-5-17-6-3-4-7-20(17)22-24-23(21(26)16-32-24)29-25(28-22)27-18-8-10-19(11-9-18)30-12-14-31-15-13-30/h3-4,6-11,16H,2,5,12-15,26H2,1H3,(H,27,28,29). The molecule has 6 nitrogen and oxygen atoms in total. The summed E-state index contributed by atoms with van der Waals surface area (Å²) in [6.07, 6.45) is 2.09. The molecule has 0 spiro atoms. The SMILES string of the molecule is CCCc1ccccc1-c1nc(Nc2ccc(N3CCOCC3)cc2)nc2c(N)csc12. The Balaban J connectivity index is 1.49. The Labute approximate surface area is 192 Å². The fraction of sp³-hybridized carbons (Fsp3) is 0.280. The maximum atomic E-state index is 6.26. The van der Waals surface area contributed by atoms with Crippen LogP contribution in [0.5, 0.6) is 0 Å². The van der Waals surface area contributed by atoms with Gasteiger partial charge in [-0.15, -0.1) is 11.3 Å². The number of nitrogens with zero attached hydrogens (tertiary/aromatic N) is 3. The van der Waals surface area contributed by atoms with E-state index in [-0.39, 0.29) is 0 Å². The lowest BCUT2D eigenvalue weighted by atomic mass is 10.0. The van der Waals surface area contributed by atoms with E-state index in [0.717, 1.165) is 66.3 Å². The molecule has 3 N–H and O–H groups in total. The molecular weight excluding hydrogens is 418 g/mol. The summed E-state index contributed by atoms with van der Waals surface area (Å²) in [4.78, 5) is 12.0. The first kappa shape index (κ1) is 20.7. The van der Waals surface area contributed by atoms with E-state index in [2.05, 4.69) is 65.7 Å². The van der Waals surface area contributed by atoms with Gasteiger partial charge in [-0.2, -0.15) is 0 Å². The van der Waals surface area contributed by atoms with Crippen LogP contribution in [0.15, 0.2) is 53.9 Å². The highest BCUT2D eigenvalue weighted by Gasteiger charge is 2.17. The molecule has 7 heteroatoms. The number of hydrogen-bond acceptors (Lipinski definition) is 7. The largest absolute Gasteiger partial charge is 0.396 e. The average molecular weight is 446 g/mol. The van der Waals surface area contributed by atoms with Gasteiger partial charge >= 0.3 is 0 Å². The molecule has 1 saturated heterocycles. The van der Waals surface area contributed by atoms with E-state index in [1.54, 1.807) is 11.3 Å². The summed E-state index contributed by atoms with van der Waals surface area (Å²) in [6.45, 7) is 5.59. The molecule has 0 radical (unpaired) electrons. The third-order valence-electron chi connectivity index (χ3n) is 5.73. The smallest absolute Gasteiger partial charge is 0.228 e. The summed E-state index contributed by atoms with van der Waals surface area (Å²) in [5.74, 6) is 0.558. The molecule has 164 valence electrons. The molecule has 0 unspecified atom stereocenters. The molecule has 0 atom stereocenters. The highest BCUT2D eigenvalue weighted by molar-refractivity contribution is 7.18. The molecule has 1 fully saturated rings. The highest BCUT2D eigenvalue weighted by atomic mass is 32.1. The van der Waals surface area contributed by atoms with Gasteiger partial charge in [-0.05, 0) is 36.2 Å². The minimum atomic E-state index is 0.558. The third-order valence-corrected chi connectivity index (χ3v) is 6.73. The molecule has 0 aliphatic carbocycles. The number of morpholine rings is 1. The first-order chi connectivity index (χ1) is 15.7. The molecule has 1 aliphatic heterocycles. The second kappa shape index (κ2) is 9.14. The number of nitrogens with two attached hydrogens (primary N) is 1. The summed E-state index contributed by atoms with van der Waals surface area (Å²) < 4.78 is 6.48. The molecule has 0 bridgehead atoms. The lowest BCUT2D eigenvalue weighted by molar-refractivity contribution is 0.122. The lowest BCUT2D eigenvalue weighted by Gasteiger charge is -2.28. The molecule has 2 aromatic heterocycles. The van der Waals surface area contributed by atoms with Gasteiger partial charge in [-0.3, -0.25) is 0 Å². The Bertz CT molecular complexity index is 1210. The van der Waals surface area contributed by atoms with Crippen molar-refractivity contribution in [2.75, 3.05) is 42.3 Å². The van der Waals surface area contributed by atoms with Gasteiger partial charge in [0.2, 0.25) is 5.95 Å². The minimum Gasteiger partial charge on any atom is -0.396 e. The summed E-state index contributed by atoms with van der Waals surface area (Å²) in [5, 5.41) is 5.34. The van der Waals surface area contributed by atoms with Crippen LogP contribution < -0.4 is 16.0 Å². The van der Waals surface area contributed by atoms with Crippen molar-refractivity contribution in [3.63, 3.8) is 0 Å². The Morgan fingerprint density at radius 1 is 1.06 bits per heavy atom. The van der Waals surface area contributed by atoms with Crippen LogP contribution in [0.25, 0.3) is 21.5 Å². The number of aromatic nitrogens is 2. The monoisotopic (exact) mass is 445 g/mol. The van der Waals surface area contributed by atoms with Crippen LogP contribution in [0.2, 0.25) is 0 Å². The molecular formula is C25H27N5OS. The first-order valence-electron chi connectivity index (χ1n) is 11.1. The van der Waals surface area contributed by atoms with E-state index >= 15 is 0 Å². The summed E-state index contributed by atoms with van der Waals surface area (Å²) in [5.41, 5.74) is 13.3. The third kappa shape index (κ3) is 4.13. The Kier molecular flexibility index (Phi) is 5.92. The topological polar surface area (TPSA) is 76.3 Å². The van der Waals surface area contributed by atoms with Gasteiger partial charge in [0.1, 0.15) is 5.52 Å². The number of fused-ring (bicyclic) bond motifs is 1. The number of hydrogen-bond donors (Lipinski definition) is 2. The summed E-state index contributed by atoms with van der Waals surface area (Å²) in [7, 11) is 0. The normalized spacial score (nSPS) is 14.1. The van der Waals surface area contributed by atoms with E-state index < -0.39 is 0 Å². The van der Waals surface area contributed by atoms with Gasteiger partial charge in [0.05, 0.1) is 29.3 Å². The molecule has 5 rings (SSSR count). The van der Waals surface area contributed by atoms with Gasteiger partial charge in [0.25, 0.3) is 0 Å². The van der Waals surface area contributed by atoms with Crippen molar-refractivity contribution in [2.45, 2.75) is 19.8 Å². The van der Waals surface area contributed by atoms with Crippen molar-refractivity contribution in [1.29, 1.82) is 0 Å². The number of benzene rings is 2. The van der Waals surface area contributed by atoms with Crippen LogP contribution in [0.1, 0.15) is 18.9 Å². The van der Waals surface area contributed by atoms with Crippen molar-refractivity contribution < 1.29 is 4.74 Å². The number of anilines is 4. The quantitative estimate of drug-likeness (QED) is 0.410. The van der Waals surface area contributed by atoms with Crippen LogP contribution in [0, 0.1) is 0 Å². The summed E-state index contributed by atoms with van der Waals surface area (Å²) in [6, 6.07) is 16.9. The minimum absolute atomic E-state index is 0.558. The van der Waals surface area contributed by atoms with E-state index in [1.807, 2.05) is 5.38 Å². The number of thiophene rings is 1. The fourth-order valence-electron chi connectivity index (χ4n) is 4.12. The molecule has 32 heavy (non-hydrogen) atoms. The number of rotatable bonds is 6. The van der Waals surface area contributed by atoms with Crippen molar-refractivity contribution in [2.24, 2.45) is 0 Å². The predicted molar refractivity (Wildman–Crippen MR) is 134 cm³/mol. The van der Waals surface area contributed by atoms with E-state index in [9.17, 15) is 0 Å². The van der Waals surface area contributed by atoms with Crippen LogP contribution >= 0.6 is 11.3 Å². The van der Waals surface area contributed by atoms with Crippen LogP contribution in [0.4, 0.5) is 23.0 Å². The van der Waals surface area contributed by atoms with Gasteiger partial charge in [0, 0.05) is 35.4 Å². The molecule has 0 amide bonds. The second-order valence-corrected chi connectivity index (χ2v) is 8.82. The Morgan fingerprint density at radius 2 is 1.84 bits per heavy atom. The van der Waals surface area contributed by atoms with Gasteiger partial charge in [-0.1, -0.05) is 37.6 Å². The zero-order valence-electron chi connectivity index (χ0n) is 18.2. The fourth-order valence-corrected chi connectivity index (χ4v) is 5.02. The zero-order valence-corrected chi connectivity index (χ0v) is 19.0. The second-order valence-electron chi connectivity index (χ2n) is 7.94. The number of nitrogens with one attached hydrogen (secondary N) is 1. The number of aryl methyl sites for hydroxylation is 1. The van der Waals surface area contributed by atoms with E-state index in [4.69, 9.17) is 20.4 Å². The number of nitrogen functional groups attached to an aromatic ring is 1. The molecule has 3 heterocycles. The lowest BCUT2D eigenvalue weighted by Crippen LogP contribution is -2.36. The van der Waals surface area contributed by atoms with Gasteiger partial charge < -0.3 is 20.7 Å². The molecule has 1 aliphatic rings. The van der Waals surface area contributed by atoms with E-state index in [0.29, 0.717) is 11.6 Å².